The molecule has 1 atom stereocenters. The molecule has 0 unspecified atom stereocenters. The van der Waals surface area contributed by atoms with E-state index >= 15 is 0 Å². The van der Waals surface area contributed by atoms with E-state index in [-0.39, 0.29) is 18.6 Å². The van der Waals surface area contributed by atoms with E-state index in [1.165, 1.54) is 5.01 Å². The zero-order chi connectivity index (χ0) is 22.5. The maximum atomic E-state index is 13.2. The largest absolute Gasteiger partial charge is 0.493 e. The van der Waals surface area contributed by atoms with Crippen LogP contribution >= 0.6 is 11.3 Å². The molecule has 2 aromatic carbocycles. The third-order valence-electron chi connectivity index (χ3n) is 5.18. The fourth-order valence-electron chi connectivity index (χ4n) is 3.60. The monoisotopic (exact) mass is 452 g/mol. The van der Waals surface area contributed by atoms with Crippen molar-refractivity contribution in [2.24, 2.45) is 5.10 Å². The first kappa shape index (κ1) is 21.7. The summed E-state index contributed by atoms with van der Waals surface area (Å²) in [5.41, 5.74) is 1.77. The fourth-order valence-corrected chi connectivity index (χ4v) is 4.32. The van der Waals surface area contributed by atoms with Crippen LogP contribution < -0.4 is 18.9 Å². The third-order valence-corrected chi connectivity index (χ3v) is 6.10. The first-order chi connectivity index (χ1) is 15.6. The normalized spacial score (nSPS) is 15.3. The van der Waals surface area contributed by atoms with Gasteiger partial charge in [-0.3, -0.25) is 4.79 Å². The van der Waals surface area contributed by atoms with Gasteiger partial charge in [-0.2, -0.15) is 5.10 Å². The summed E-state index contributed by atoms with van der Waals surface area (Å²) in [6.45, 7) is -0.161. The van der Waals surface area contributed by atoms with Gasteiger partial charge in [-0.15, -0.1) is 11.3 Å². The SMILES string of the molecule is COc1ccc([C@H]2CC(c3cccs3)=NN2C(=O)COc2ccccc2OC)cc1OC. The molecule has 2 heterocycles. The Bertz CT molecular complexity index is 1110. The molecule has 8 heteroatoms. The van der Waals surface area contributed by atoms with Crippen molar-refractivity contribution in [3.05, 3.63) is 70.4 Å². The summed E-state index contributed by atoms with van der Waals surface area (Å²) in [5.74, 6) is 2.06. The number of hydrogen-bond donors (Lipinski definition) is 0. The van der Waals surface area contributed by atoms with E-state index in [1.807, 2.05) is 47.8 Å². The minimum atomic E-state index is -0.277. The van der Waals surface area contributed by atoms with Crippen molar-refractivity contribution in [2.45, 2.75) is 12.5 Å². The average molecular weight is 453 g/mol. The number of carbonyl (C=O) groups excluding carboxylic acids is 1. The van der Waals surface area contributed by atoms with Crippen LogP contribution in [0, 0.1) is 0 Å². The van der Waals surface area contributed by atoms with Gasteiger partial charge in [0.05, 0.1) is 38.0 Å². The van der Waals surface area contributed by atoms with Crippen molar-refractivity contribution in [1.29, 1.82) is 0 Å². The quantitative estimate of drug-likeness (QED) is 0.502. The van der Waals surface area contributed by atoms with Gasteiger partial charge in [-0.25, -0.2) is 5.01 Å². The van der Waals surface area contributed by atoms with Crippen molar-refractivity contribution in [2.75, 3.05) is 27.9 Å². The van der Waals surface area contributed by atoms with Crippen LogP contribution in [0.25, 0.3) is 0 Å². The predicted molar refractivity (Wildman–Crippen MR) is 123 cm³/mol. The molecule has 1 amide bonds. The number of thiophene rings is 1. The summed E-state index contributed by atoms with van der Waals surface area (Å²) in [6.07, 6.45) is 0.594. The van der Waals surface area contributed by atoms with Crippen molar-refractivity contribution >= 4 is 23.0 Å². The smallest absolute Gasteiger partial charge is 0.281 e. The second-order valence-electron chi connectivity index (χ2n) is 7.04. The van der Waals surface area contributed by atoms with Crippen molar-refractivity contribution in [3.63, 3.8) is 0 Å². The van der Waals surface area contributed by atoms with E-state index in [2.05, 4.69) is 5.10 Å². The lowest BCUT2D eigenvalue weighted by Crippen LogP contribution is -2.31. The van der Waals surface area contributed by atoms with E-state index in [9.17, 15) is 4.79 Å². The van der Waals surface area contributed by atoms with Crippen molar-refractivity contribution in [3.8, 4) is 23.0 Å². The van der Waals surface area contributed by atoms with Crippen LogP contribution in [-0.4, -0.2) is 44.6 Å². The third kappa shape index (κ3) is 4.40. The van der Waals surface area contributed by atoms with E-state index < -0.39 is 0 Å². The number of hydrazone groups is 1. The Morgan fingerprint density at radius 1 is 0.969 bits per heavy atom. The number of rotatable bonds is 8. The molecular formula is C24H24N2O5S. The molecule has 4 rings (SSSR count). The second-order valence-corrected chi connectivity index (χ2v) is 7.98. The van der Waals surface area contributed by atoms with Gasteiger partial charge in [0.15, 0.2) is 29.6 Å². The Labute approximate surface area is 190 Å². The Balaban J connectivity index is 1.60. The van der Waals surface area contributed by atoms with Crippen LogP contribution in [0.5, 0.6) is 23.0 Å². The van der Waals surface area contributed by atoms with E-state index in [4.69, 9.17) is 18.9 Å². The maximum Gasteiger partial charge on any atom is 0.281 e. The summed E-state index contributed by atoms with van der Waals surface area (Å²) >= 11 is 1.60. The van der Waals surface area contributed by atoms with Crippen LogP contribution in [-0.2, 0) is 4.79 Å². The number of nitrogens with zero attached hydrogens (tertiary/aromatic N) is 2. The second kappa shape index (κ2) is 9.74. The van der Waals surface area contributed by atoms with Gasteiger partial charge in [-0.05, 0) is 41.3 Å². The van der Waals surface area contributed by atoms with Crippen LogP contribution in [0.15, 0.2) is 65.1 Å². The summed E-state index contributed by atoms with van der Waals surface area (Å²) in [4.78, 5) is 14.2. The van der Waals surface area contributed by atoms with Crippen LogP contribution in [0.4, 0.5) is 0 Å². The molecule has 0 bridgehead atoms. The highest BCUT2D eigenvalue weighted by molar-refractivity contribution is 7.12. The van der Waals surface area contributed by atoms with Crippen LogP contribution in [0.3, 0.4) is 0 Å². The Morgan fingerprint density at radius 2 is 1.69 bits per heavy atom. The molecule has 0 spiro atoms. The van der Waals surface area contributed by atoms with Gasteiger partial charge in [0.2, 0.25) is 0 Å². The summed E-state index contributed by atoms with van der Waals surface area (Å²) < 4.78 is 21.9. The summed E-state index contributed by atoms with van der Waals surface area (Å²) in [5, 5.41) is 8.17. The highest BCUT2D eigenvalue weighted by atomic mass is 32.1. The van der Waals surface area contributed by atoms with Gasteiger partial charge < -0.3 is 18.9 Å². The lowest BCUT2D eigenvalue weighted by Gasteiger charge is -2.23. The molecule has 0 N–H and O–H groups in total. The number of hydrogen-bond acceptors (Lipinski definition) is 7. The topological polar surface area (TPSA) is 69.6 Å². The van der Waals surface area contributed by atoms with Crippen LogP contribution in [0.1, 0.15) is 22.9 Å². The molecule has 3 aromatic rings. The number of para-hydroxylation sites is 2. The van der Waals surface area contributed by atoms with E-state index in [0.29, 0.717) is 29.4 Å². The Hall–Kier alpha value is -3.52. The summed E-state index contributed by atoms with van der Waals surface area (Å²) in [6, 6.07) is 16.6. The molecule has 7 nitrogen and oxygen atoms in total. The number of carbonyl (C=O) groups is 1. The fraction of sp³-hybridized carbons (Fsp3) is 0.250. The van der Waals surface area contributed by atoms with Gasteiger partial charge in [0, 0.05) is 6.42 Å². The van der Waals surface area contributed by atoms with Crippen LogP contribution in [0.2, 0.25) is 0 Å². The van der Waals surface area contributed by atoms with Gasteiger partial charge >= 0.3 is 0 Å². The van der Waals surface area contributed by atoms with Crippen molar-refractivity contribution < 1.29 is 23.7 Å². The first-order valence-electron chi connectivity index (χ1n) is 10.1. The molecule has 32 heavy (non-hydrogen) atoms. The lowest BCUT2D eigenvalue weighted by atomic mass is 10.0. The molecule has 166 valence electrons. The predicted octanol–water partition coefficient (Wildman–Crippen LogP) is 4.53. The first-order valence-corrected chi connectivity index (χ1v) is 10.9. The summed E-state index contributed by atoms with van der Waals surface area (Å²) in [7, 11) is 4.75. The molecular weight excluding hydrogens is 428 g/mol. The standard InChI is InChI=1S/C24H24N2O5S/c1-28-19-7-4-5-8-21(19)31-15-24(27)26-18(14-17(25-26)23-9-6-12-32-23)16-10-11-20(29-2)22(13-16)30-3/h4-13,18H,14-15H2,1-3H3/t18-/m1/s1. The molecule has 1 aliphatic rings. The Kier molecular flexibility index (Phi) is 6.61. The Morgan fingerprint density at radius 3 is 2.38 bits per heavy atom. The zero-order valence-corrected chi connectivity index (χ0v) is 18.9. The molecule has 0 fully saturated rings. The highest BCUT2D eigenvalue weighted by Crippen LogP contribution is 2.38. The molecule has 0 aliphatic carbocycles. The molecule has 1 aromatic heterocycles. The van der Waals surface area contributed by atoms with Gasteiger partial charge in [-0.1, -0.05) is 24.3 Å². The van der Waals surface area contributed by atoms with E-state index in [0.717, 1.165) is 16.2 Å². The zero-order valence-electron chi connectivity index (χ0n) is 18.1. The molecule has 1 aliphatic heterocycles. The number of benzene rings is 2. The lowest BCUT2D eigenvalue weighted by molar-refractivity contribution is -0.135. The van der Waals surface area contributed by atoms with Gasteiger partial charge in [0.1, 0.15) is 0 Å². The van der Waals surface area contributed by atoms with Gasteiger partial charge in [0.25, 0.3) is 5.91 Å². The van der Waals surface area contributed by atoms with Crippen molar-refractivity contribution in [1.82, 2.24) is 5.01 Å². The number of ether oxygens (including phenoxy) is 4. The highest BCUT2D eigenvalue weighted by Gasteiger charge is 2.34. The maximum absolute atomic E-state index is 13.2. The average Bonchev–Trinajstić information content (AvgIpc) is 3.52. The number of methoxy groups -OCH3 is 3. The molecule has 0 radical (unpaired) electrons. The minimum Gasteiger partial charge on any atom is -0.493 e. The minimum absolute atomic E-state index is 0.161. The molecule has 0 saturated carbocycles. The number of amides is 1. The van der Waals surface area contributed by atoms with E-state index in [1.54, 1.807) is 44.8 Å². The molecule has 0 saturated heterocycles.